The molecule has 0 aliphatic heterocycles. The summed E-state index contributed by atoms with van der Waals surface area (Å²) in [5, 5.41) is 15.7. The number of nitrogens with one attached hydrogen (secondary N) is 1. The number of fused-ring (bicyclic) bond motifs is 1. The monoisotopic (exact) mass is 288 g/mol. The van der Waals surface area contributed by atoms with Gasteiger partial charge in [-0.3, -0.25) is 0 Å². The first kappa shape index (κ1) is 13.3. The van der Waals surface area contributed by atoms with Crippen LogP contribution in [-0.4, -0.2) is 22.1 Å². The van der Waals surface area contributed by atoms with Gasteiger partial charge in [-0.25, -0.2) is 9.78 Å². The van der Waals surface area contributed by atoms with Crippen LogP contribution in [0.1, 0.15) is 32.2 Å². The summed E-state index contributed by atoms with van der Waals surface area (Å²) in [4.78, 5) is 15.4. The molecule has 1 aromatic carbocycles. The van der Waals surface area contributed by atoms with Crippen LogP contribution in [-0.2, 0) is 19.4 Å². The minimum Gasteiger partial charge on any atom is -0.478 e. The molecule has 1 aromatic heterocycles. The van der Waals surface area contributed by atoms with Gasteiger partial charge in [0.25, 0.3) is 0 Å². The van der Waals surface area contributed by atoms with Gasteiger partial charge in [0.05, 0.1) is 16.3 Å². The van der Waals surface area contributed by atoms with E-state index in [1.165, 1.54) is 5.56 Å². The van der Waals surface area contributed by atoms with Crippen molar-refractivity contribution >= 4 is 17.3 Å². The van der Waals surface area contributed by atoms with Gasteiger partial charge in [-0.1, -0.05) is 6.07 Å². The number of carboxylic acid groups (broad SMARTS) is 1. The predicted octanol–water partition coefficient (Wildman–Crippen LogP) is 2.41. The lowest BCUT2D eigenvalue weighted by Crippen LogP contribution is -2.29. The highest BCUT2D eigenvalue weighted by Gasteiger charge is 2.22. The van der Waals surface area contributed by atoms with Gasteiger partial charge in [0, 0.05) is 18.0 Å². The summed E-state index contributed by atoms with van der Waals surface area (Å²) in [5.41, 5.74) is 3.85. The smallest absolute Gasteiger partial charge is 0.335 e. The maximum atomic E-state index is 11.0. The normalized spacial score (nSPS) is 17.1. The van der Waals surface area contributed by atoms with Crippen molar-refractivity contribution in [3.63, 3.8) is 0 Å². The molecular weight excluding hydrogens is 272 g/mol. The van der Waals surface area contributed by atoms with Gasteiger partial charge in [-0.15, -0.1) is 11.3 Å². The summed E-state index contributed by atoms with van der Waals surface area (Å²) in [7, 11) is 0. The van der Waals surface area contributed by atoms with Gasteiger partial charge >= 0.3 is 5.97 Å². The number of aryl methyl sites for hydroxylation is 1. The average molecular weight is 288 g/mol. The molecule has 0 saturated carbocycles. The number of carbonyl (C=O) groups is 1. The van der Waals surface area contributed by atoms with E-state index in [0.717, 1.165) is 35.7 Å². The Hall–Kier alpha value is -1.72. The van der Waals surface area contributed by atoms with E-state index in [0.29, 0.717) is 11.6 Å². The van der Waals surface area contributed by atoms with E-state index < -0.39 is 5.97 Å². The first-order chi connectivity index (χ1) is 9.61. The number of benzene rings is 1. The number of thiazole rings is 1. The van der Waals surface area contributed by atoms with Crippen molar-refractivity contribution in [3.8, 4) is 0 Å². The highest BCUT2D eigenvalue weighted by Crippen LogP contribution is 2.24. The Morgan fingerprint density at radius 2 is 2.25 bits per heavy atom. The lowest BCUT2D eigenvalue weighted by molar-refractivity contribution is 0.0697. The van der Waals surface area contributed by atoms with E-state index in [1.54, 1.807) is 23.5 Å². The topological polar surface area (TPSA) is 62.2 Å². The molecule has 1 atom stereocenters. The molecule has 104 valence electrons. The van der Waals surface area contributed by atoms with Crippen molar-refractivity contribution < 1.29 is 9.90 Å². The van der Waals surface area contributed by atoms with E-state index >= 15 is 0 Å². The lowest BCUT2D eigenvalue weighted by atomic mass is 10.1. The van der Waals surface area contributed by atoms with E-state index in [9.17, 15) is 4.79 Å². The molecule has 1 unspecified atom stereocenters. The highest BCUT2D eigenvalue weighted by atomic mass is 32.1. The van der Waals surface area contributed by atoms with Gasteiger partial charge in [0.2, 0.25) is 0 Å². The van der Waals surface area contributed by atoms with Crippen LogP contribution in [0.25, 0.3) is 0 Å². The number of hydrogen-bond acceptors (Lipinski definition) is 4. The molecular formula is C15H16N2O2S. The van der Waals surface area contributed by atoms with Gasteiger partial charge in [-0.2, -0.15) is 0 Å². The third-order valence-electron chi connectivity index (χ3n) is 3.62. The molecule has 2 aromatic rings. The number of aromatic carboxylic acids is 1. The van der Waals surface area contributed by atoms with Crippen LogP contribution in [0, 0.1) is 6.92 Å². The maximum absolute atomic E-state index is 11.0. The summed E-state index contributed by atoms with van der Waals surface area (Å²) < 4.78 is 0. The van der Waals surface area contributed by atoms with E-state index in [1.807, 2.05) is 13.0 Å². The maximum Gasteiger partial charge on any atom is 0.335 e. The number of nitrogens with zero attached hydrogens (tertiary/aromatic N) is 1. The van der Waals surface area contributed by atoms with Gasteiger partial charge in [-0.05, 0) is 43.0 Å². The Morgan fingerprint density at radius 1 is 1.45 bits per heavy atom. The number of hydrogen-bond donors (Lipinski definition) is 2. The molecule has 3 rings (SSSR count). The van der Waals surface area contributed by atoms with E-state index in [2.05, 4.69) is 15.7 Å². The van der Waals surface area contributed by atoms with E-state index in [4.69, 9.17) is 5.11 Å². The van der Waals surface area contributed by atoms with Crippen molar-refractivity contribution in [1.82, 2.24) is 10.3 Å². The predicted molar refractivity (Wildman–Crippen MR) is 78.3 cm³/mol. The first-order valence-electron chi connectivity index (χ1n) is 6.61. The fraction of sp³-hybridized carbons (Fsp3) is 0.333. The van der Waals surface area contributed by atoms with E-state index in [-0.39, 0.29) is 0 Å². The molecule has 0 bridgehead atoms. The molecule has 0 amide bonds. The number of aromatic nitrogens is 1. The standard InChI is InChI=1S/C15H16N2O2S/c1-9-17-14(8-20-9)7-16-13-5-10-2-3-11(15(18)19)4-12(10)6-13/h2-4,8,13,16H,5-7H2,1H3,(H,18,19). The fourth-order valence-corrected chi connectivity index (χ4v) is 3.25. The lowest BCUT2D eigenvalue weighted by Gasteiger charge is -2.10. The molecule has 20 heavy (non-hydrogen) atoms. The molecule has 5 heteroatoms. The zero-order valence-electron chi connectivity index (χ0n) is 11.2. The van der Waals surface area contributed by atoms with Crippen LogP contribution in [0.2, 0.25) is 0 Å². The van der Waals surface area contributed by atoms with Crippen LogP contribution >= 0.6 is 11.3 Å². The van der Waals surface area contributed by atoms with Crippen molar-refractivity contribution in [2.45, 2.75) is 32.4 Å². The van der Waals surface area contributed by atoms with Gasteiger partial charge in [0.15, 0.2) is 0 Å². The Balaban J connectivity index is 1.63. The second kappa shape index (κ2) is 5.34. The minimum absolute atomic E-state index is 0.371. The Morgan fingerprint density at radius 3 is 2.95 bits per heavy atom. The third-order valence-corrected chi connectivity index (χ3v) is 4.45. The molecule has 2 N–H and O–H groups in total. The summed E-state index contributed by atoms with van der Waals surface area (Å²) in [6.45, 7) is 2.78. The number of carboxylic acids is 1. The third kappa shape index (κ3) is 2.73. The second-order valence-electron chi connectivity index (χ2n) is 5.13. The van der Waals surface area contributed by atoms with Crippen molar-refractivity contribution in [1.29, 1.82) is 0 Å². The van der Waals surface area contributed by atoms with Crippen LogP contribution in [0.4, 0.5) is 0 Å². The first-order valence-corrected chi connectivity index (χ1v) is 7.49. The SMILES string of the molecule is Cc1nc(CNC2Cc3ccc(C(=O)O)cc3C2)cs1. The Bertz CT molecular complexity index is 651. The van der Waals surface area contributed by atoms with Crippen LogP contribution in [0.3, 0.4) is 0 Å². The summed E-state index contributed by atoms with van der Waals surface area (Å²) in [6.07, 6.45) is 1.85. The van der Waals surface area contributed by atoms with Crippen LogP contribution in [0.5, 0.6) is 0 Å². The Kier molecular flexibility index (Phi) is 3.54. The molecule has 4 nitrogen and oxygen atoms in total. The zero-order valence-corrected chi connectivity index (χ0v) is 12.0. The zero-order chi connectivity index (χ0) is 14.1. The molecule has 0 saturated heterocycles. The van der Waals surface area contributed by atoms with Crippen LogP contribution in [0.15, 0.2) is 23.6 Å². The Labute approximate surface area is 121 Å². The fourth-order valence-electron chi connectivity index (χ4n) is 2.63. The highest BCUT2D eigenvalue weighted by molar-refractivity contribution is 7.09. The summed E-state index contributed by atoms with van der Waals surface area (Å²) >= 11 is 1.66. The molecule has 1 heterocycles. The molecule has 0 radical (unpaired) electrons. The molecule has 0 fully saturated rings. The van der Waals surface area contributed by atoms with Crippen molar-refractivity contribution in [2.24, 2.45) is 0 Å². The van der Waals surface area contributed by atoms with Crippen molar-refractivity contribution in [2.75, 3.05) is 0 Å². The minimum atomic E-state index is -0.859. The van der Waals surface area contributed by atoms with Gasteiger partial charge < -0.3 is 10.4 Å². The average Bonchev–Trinajstić information content (AvgIpc) is 3.00. The second-order valence-corrected chi connectivity index (χ2v) is 6.19. The van der Waals surface area contributed by atoms with Crippen LogP contribution < -0.4 is 5.32 Å². The summed E-state index contributed by atoms with van der Waals surface area (Å²) in [5.74, 6) is -0.859. The largest absolute Gasteiger partial charge is 0.478 e. The number of rotatable bonds is 4. The summed E-state index contributed by atoms with van der Waals surface area (Å²) in [6, 6.07) is 5.80. The quantitative estimate of drug-likeness (QED) is 0.907. The molecule has 0 spiro atoms. The van der Waals surface area contributed by atoms with Gasteiger partial charge in [0.1, 0.15) is 0 Å². The van der Waals surface area contributed by atoms with Crippen molar-refractivity contribution in [3.05, 3.63) is 51.0 Å². The molecule has 1 aliphatic carbocycles. The molecule has 1 aliphatic rings.